The van der Waals surface area contributed by atoms with Gasteiger partial charge in [-0.3, -0.25) is 4.99 Å². The molecule has 170 valence electrons. The van der Waals surface area contributed by atoms with Gasteiger partial charge in [0.25, 0.3) is 0 Å². The van der Waals surface area contributed by atoms with Gasteiger partial charge in [0.2, 0.25) is 0 Å². The second kappa shape index (κ2) is 12.9. The van der Waals surface area contributed by atoms with Gasteiger partial charge >= 0.3 is 0 Å². The number of morpholine rings is 1. The highest BCUT2D eigenvalue weighted by Crippen LogP contribution is 2.16. The number of hydrogen-bond donors (Lipinski definition) is 1. The molecular formula is C22H31ClIN5O2. The van der Waals surface area contributed by atoms with Crippen molar-refractivity contribution < 1.29 is 9.47 Å². The van der Waals surface area contributed by atoms with E-state index in [9.17, 15) is 0 Å². The highest BCUT2D eigenvalue weighted by atomic mass is 127. The van der Waals surface area contributed by atoms with Gasteiger partial charge in [-0.15, -0.1) is 24.0 Å². The summed E-state index contributed by atoms with van der Waals surface area (Å²) >= 11 is 5.90. The molecule has 0 amide bonds. The van der Waals surface area contributed by atoms with Gasteiger partial charge in [-0.1, -0.05) is 17.7 Å². The van der Waals surface area contributed by atoms with Crippen molar-refractivity contribution in [1.82, 2.24) is 15.2 Å². The van der Waals surface area contributed by atoms with E-state index >= 15 is 0 Å². The fourth-order valence-electron chi connectivity index (χ4n) is 3.24. The Morgan fingerprint density at radius 1 is 1.32 bits per heavy atom. The lowest BCUT2D eigenvalue weighted by atomic mass is 10.2. The number of rotatable bonds is 7. The van der Waals surface area contributed by atoms with Crippen LogP contribution in [0.5, 0.6) is 5.75 Å². The van der Waals surface area contributed by atoms with Crippen LogP contribution in [0.1, 0.15) is 12.5 Å². The van der Waals surface area contributed by atoms with E-state index in [4.69, 9.17) is 21.1 Å². The Balaban J connectivity index is 0.00000341. The van der Waals surface area contributed by atoms with Gasteiger partial charge in [0.15, 0.2) is 5.96 Å². The van der Waals surface area contributed by atoms with Crippen LogP contribution in [0.3, 0.4) is 0 Å². The third-order valence-corrected chi connectivity index (χ3v) is 5.16. The molecule has 1 atom stereocenters. The number of guanidine groups is 1. The zero-order valence-corrected chi connectivity index (χ0v) is 21.3. The maximum absolute atomic E-state index is 5.90. The molecule has 1 N–H and O–H groups in total. The number of pyridine rings is 1. The Bertz CT molecular complexity index is 820. The Hall–Kier alpha value is -1.78. The number of benzene rings is 1. The summed E-state index contributed by atoms with van der Waals surface area (Å²) in [4.78, 5) is 13.3. The normalized spacial score (nSPS) is 16.5. The molecule has 1 fully saturated rings. The van der Waals surface area contributed by atoms with Crippen LogP contribution in [0.25, 0.3) is 0 Å². The maximum atomic E-state index is 5.90. The standard InChI is InChI=1S/C22H30ClN5O2.HI/c1-17-16-28(11-13-29-17)21-9-4-18(14-25-21)15-26-22(24-2)27(3)10-12-30-20-7-5-19(23)6-8-20;/h4-9,14,17H,10-13,15-16H2,1-3H3,(H,24,26);1H. The van der Waals surface area contributed by atoms with E-state index in [1.54, 1.807) is 7.05 Å². The molecular weight excluding hydrogens is 529 g/mol. The molecule has 3 rings (SSSR count). The summed E-state index contributed by atoms with van der Waals surface area (Å²) in [6.45, 7) is 6.50. The van der Waals surface area contributed by atoms with Gasteiger partial charge in [-0.05, 0) is 42.8 Å². The number of halogens is 2. The molecule has 1 aromatic carbocycles. The van der Waals surface area contributed by atoms with Crippen LogP contribution in [0, 0.1) is 0 Å². The first-order valence-electron chi connectivity index (χ1n) is 10.2. The number of nitrogens with zero attached hydrogens (tertiary/aromatic N) is 4. The van der Waals surface area contributed by atoms with Crippen molar-refractivity contribution in [3.63, 3.8) is 0 Å². The van der Waals surface area contributed by atoms with Crippen LogP contribution in [-0.2, 0) is 11.3 Å². The summed E-state index contributed by atoms with van der Waals surface area (Å²) in [5, 5.41) is 4.08. The third kappa shape index (κ3) is 8.01. The molecule has 1 aliphatic heterocycles. The molecule has 1 unspecified atom stereocenters. The molecule has 0 radical (unpaired) electrons. The first kappa shape index (κ1) is 25.5. The number of aromatic nitrogens is 1. The molecule has 1 aromatic heterocycles. The molecule has 0 aliphatic carbocycles. The number of anilines is 1. The molecule has 1 saturated heterocycles. The van der Waals surface area contributed by atoms with Crippen LogP contribution in [0.4, 0.5) is 5.82 Å². The summed E-state index contributed by atoms with van der Waals surface area (Å²) in [6.07, 6.45) is 2.16. The summed E-state index contributed by atoms with van der Waals surface area (Å²) in [5.41, 5.74) is 1.10. The average molecular weight is 560 g/mol. The highest BCUT2D eigenvalue weighted by Gasteiger charge is 2.17. The van der Waals surface area contributed by atoms with Crippen molar-refractivity contribution in [1.29, 1.82) is 0 Å². The second-order valence-electron chi connectivity index (χ2n) is 7.28. The predicted octanol–water partition coefficient (Wildman–Crippen LogP) is 3.66. The summed E-state index contributed by atoms with van der Waals surface area (Å²) < 4.78 is 11.4. The van der Waals surface area contributed by atoms with Crippen molar-refractivity contribution in [3.05, 3.63) is 53.2 Å². The summed E-state index contributed by atoms with van der Waals surface area (Å²) in [6, 6.07) is 11.5. The van der Waals surface area contributed by atoms with Crippen molar-refractivity contribution >= 4 is 47.4 Å². The Labute approximate surface area is 206 Å². The van der Waals surface area contributed by atoms with Crippen molar-refractivity contribution in [2.24, 2.45) is 4.99 Å². The smallest absolute Gasteiger partial charge is 0.193 e. The number of nitrogens with one attached hydrogen (secondary N) is 1. The third-order valence-electron chi connectivity index (χ3n) is 4.91. The number of likely N-dealkylation sites (N-methyl/N-ethyl adjacent to an activating group) is 1. The summed E-state index contributed by atoms with van der Waals surface area (Å²) in [5.74, 6) is 2.60. The molecule has 0 bridgehead atoms. The predicted molar refractivity (Wildman–Crippen MR) is 137 cm³/mol. The highest BCUT2D eigenvalue weighted by molar-refractivity contribution is 14.0. The van der Waals surface area contributed by atoms with E-state index in [-0.39, 0.29) is 30.1 Å². The quantitative estimate of drug-likeness (QED) is 0.317. The van der Waals surface area contributed by atoms with Crippen LogP contribution in [-0.4, -0.2) is 68.9 Å². The number of hydrogen-bond acceptors (Lipinski definition) is 5. The average Bonchev–Trinajstić information content (AvgIpc) is 2.76. The Morgan fingerprint density at radius 3 is 2.74 bits per heavy atom. The van der Waals surface area contributed by atoms with Gasteiger partial charge < -0.3 is 24.6 Å². The van der Waals surface area contributed by atoms with E-state index in [0.29, 0.717) is 24.7 Å². The van der Waals surface area contributed by atoms with E-state index in [1.807, 2.05) is 42.4 Å². The molecule has 2 aromatic rings. The molecule has 31 heavy (non-hydrogen) atoms. The van der Waals surface area contributed by atoms with E-state index in [1.165, 1.54) is 0 Å². The van der Waals surface area contributed by atoms with Gasteiger partial charge in [0, 0.05) is 44.9 Å². The van der Waals surface area contributed by atoms with Gasteiger partial charge in [0.1, 0.15) is 18.2 Å². The van der Waals surface area contributed by atoms with Crippen molar-refractivity contribution in [2.75, 3.05) is 51.8 Å². The molecule has 1 aliphatic rings. The van der Waals surface area contributed by atoms with Crippen molar-refractivity contribution in [3.8, 4) is 5.75 Å². The van der Waals surface area contributed by atoms with Crippen LogP contribution in [0.15, 0.2) is 47.6 Å². The SMILES string of the molecule is CN=C(NCc1ccc(N2CCOC(C)C2)nc1)N(C)CCOc1ccc(Cl)cc1.I. The molecule has 0 spiro atoms. The zero-order valence-electron chi connectivity index (χ0n) is 18.3. The topological polar surface area (TPSA) is 62.2 Å². The van der Waals surface area contributed by atoms with Crippen molar-refractivity contribution in [2.45, 2.75) is 19.6 Å². The van der Waals surface area contributed by atoms with Crippen LogP contribution < -0.4 is 15.0 Å². The fraction of sp³-hybridized carbons (Fsp3) is 0.455. The van der Waals surface area contributed by atoms with Crippen LogP contribution in [0.2, 0.25) is 5.02 Å². The molecule has 9 heteroatoms. The minimum atomic E-state index is 0. The Kier molecular flexibility index (Phi) is 10.6. The second-order valence-corrected chi connectivity index (χ2v) is 7.71. The van der Waals surface area contributed by atoms with Gasteiger partial charge in [-0.2, -0.15) is 0 Å². The van der Waals surface area contributed by atoms with Crippen LogP contribution >= 0.6 is 35.6 Å². The molecule has 0 saturated carbocycles. The monoisotopic (exact) mass is 559 g/mol. The summed E-state index contributed by atoms with van der Waals surface area (Å²) in [7, 11) is 3.77. The number of aliphatic imine (C=N–C) groups is 1. The molecule has 7 nitrogen and oxygen atoms in total. The molecule has 2 heterocycles. The van der Waals surface area contributed by atoms with Gasteiger partial charge in [0.05, 0.1) is 19.3 Å². The van der Waals surface area contributed by atoms with E-state index in [2.05, 4.69) is 39.2 Å². The fourth-order valence-corrected chi connectivity index (χ4v) is 3.36. The lowest BCUT2D eigenvalue weighted by Gasteiger charge is -2.32. The first-order chi connectivity index (χ1) is 14.5. The lowest BCUT2D eigenvalue weighted by Crippen LogP contribution is -2.41. The largest absolute Gasteiger partial charge is 0.492 e. The minimum absolute atomic E-state index is 0. The number of ether oxygens (including phenoxy) is 2. The minimum Gasteiger partial charge on any atom is -0.492 e. The maximum Gasteiger partial charge on any atom is 0.193 e. The van der Waals surface area contributed by atoms with Gasteiger partial charge in [-0.25, -0.2) is 4.98 Å². The zero-order chi connectivity index (χ0) is 21.3. The first-order valence-corrected chi connectivity index (χ1v) is 10.5. The van der Waals surface area contributed by atoms with E-state index < -0.39 is 0 Å². The lowest BCUT2D eigenvalue weighted by molar-refractivity contribution is 0.0529. The Morgan fingerprint density at radius 2 is 2.10 bits per heavy atom. The van der Waals surface area contributed by atoms with E-state index in [0.717, 1.165) is 42.8 Å².